The zero-order valence-electron chi connectivity index (χ0n) is 9.26. The van der Waals surface area contributed by atoms with Gasteiger partial charge in [-0.25, -0.2) is 0 Å². The fraction of sp³-hybridized carbons (Fsp3) is 1.00. The highest BCUT2D eigenvalue weighted by atomic mass is 14.6. The summed E-state index contributed by atoms with van der Waals surface area (Å²) < 4.78 is 0. The SMILES string of the molecule is CCC[C@H](N)C1CCCC(CC)C1. The molecule has 2 unspecified atom stereocenters. The van der Waals surface area contributed by atoms with E-state index in [2.05, 4.69) is 13.8 Å². The molecular weight excluding hydrogens is 158 g/mol. The normalized spacial score (nSPS) is 31.6. The summed E-state index contributed by atoms with van der Waals surface area (Å²) in [6.45, 7) is 4.55. The molecule has 1 nitrogen and oxygen atoms in total. The van der Waals surface area contributed by atoms with Gasteiger partial charge in [-0.2, -0.15) is 0 Å². The molecule has 1 heteroatoms. The maximum atomic E-state index is 6.18. The van der Waals surface area contributed by atoms with E-state index in [0.717, 1.165) is 11.8 Å². The van der Waals surface area contributed by atoms with Crippen LogP contribution < -0.4 is 5.73 Å². The highest BCUT2D eigenvalue weighted by molar-refractivity contribution is 4.79. The Labute approximate surface area is 83.1 Å². The summed E-state index contributed by atoms with van der Waals surface area (Å²) in [4.78, 5) is 0. The van der Waals surface area contributed by atoms with E-state index < -0.39 is 0 Å². The van der Waals surface area contributed by atoms with Gasteiger partial charge >= 0.3 is 0 Å². The van der Waals surface area contributed by atoms with Crippen LogP contribution in [0.1, 0.15) is 58.8 Å². The number of hydrogen-bond donors (Lipinski definition) is 1. The van der Waals surface area contributed by atoms with E-state index in [1.54, 1.807) is 0 Å². The molecule has 0 saturated heterocycles. The number of rotatable bonds is 4. The maximum absolute atomic E-state index is 6.18. The molecule has 0 amide bonds. The minimum absolute atomic E-state index is 0.486. The van der Waals surface area contributed by atoms with Gasteiger partial charge in [-0.1, -0.05) is 39.5 Å². The summed E-state index contributed by atoms with van der Waals surface area (Å²) in [6, 6.07) is 0.486. The largest absolute Gasteiger partial charge is 0.327 e. The molecule has 3 atom stereocenters. The van der Waals surface area contributed by atoms with Gasteiger partial charge in [0.05, 0.1) is 0 Å². The van der Waals surface area contributed by atoms with Crippen LogP contribution in [0.5, 0.6) is 0 Å². The molecule has 0 spiro atoms. The second kappa shape index (κ2) is 5.64. The number of hydrogen-bond acceptors (Lipinski definition) is 1. The van der Waals surface area contributed by atoms with Crippen molar-refractivity contribution >= 4 is 0 Å². The van der Waals surface area contributed by atoms with Crippen LogP contribution in [0.2, 0.25) is 0 Å². The van der Waals surface area contributed by atoms with Crippen LogP contribution in [0.15, 0.2) is 0 Å². The minimum Gasteiger partial charge on any atom is -0.327 e. The molecule has 0 aromatic rings. The minimum atomic E-state index is 0.486. The van der Waals surface area contributed by atoms with E-state index in [0.29, 0.717) is 6.04 Å². The highest BCUT2D eigenvalue weighted by Crippen LogP contribution is 2.33. The molecule has 78 valence electrons. The van der Waals surface area contributed by atoms with Crippen molar-refractivity contribution in [2.24, 2.45) is 17.6 Å². The average molecular weight is 183 g/mol. The molecule has 1 rings (SSSR count). The zero-order valence-corrected chi connectivity index (χ0v) is 9.26. The van der Waals surface area contributed by atoms with Crippen molar-refractivity contribution in [3.05, 3.63) is 0 Å². The van der Waals surface area contributed by atoms with Gasteiger partial charge in [0.15, 0.2) is 0 Å². The zero-order chi connectivity index (χ0) is 9.68. The van der Waals surface area contributed by atoms with E-state index in [-0.39, 0.29) is 0 Å². The molecule has 1 fully saturated rings. The van der Waals surface area contributed by atoms with Crippen LogP contribution in [-0.4, -0.2) is 6.04 Å². The Morgan fingerprint density at radius 3 is 2.69 bits per heavy atom. The van der Waals surface area contributed by atoms with Gasteiger partial charge in [0.2, 0.25) is 0 Å². The van der Waals surface area contributed by atoms with Gasteiger partial charge in [0.25, 0.3) is 0 Å². The van der Waals surface area contributed by atoms with Crippen LogP contribution in [-0.2, 0) is 0 Å². The molecule has 0 aromatic carbocycles. The molecule has 2 N–H and O–H groups in total. The van der Waals surface area contributed by atoms with Crippen molar-refractivity contribution < 1.29 is 0 Å². The second-order valence-corrected chi connectivity index (χ2v) is 4.65. The fourth-order valence-corrected chi connectivity index (χ4v) is 2.66. The Balaban J connectivity index is 2.32. The van der Waals surface area contributed by atoms with Crippen molar-refractivity contribution in [3.63, 3.8) is 0 Å². The lowest BCUT2D eigenvalue weighted by Crippen LogP contribution is -2.33. The first-order valence-corrected chi connectivity index (χ1v) is 6.03. The van der Waals surface area contributed by atoms with Crippen LogP contribution in [0.4, 0.5) is 0 Å². The van der Waals surface area contributed by atoms with Gasteiger partial charge in [-0.05, 0) is 31.1 Å². The standard InChI is InChI=1S/C12H25N/c1-3-6-12(13)11-8-5-7-10(4-2)9-11/h10-12H,3-9,13H2,1-2H3/t10?,11?,12-/m0/s1. The maximum Gasteiger partial charge on any atom is 0.00671 e. The van der Waals surface area contributed by atoms with Gasteiger partial charge in [-0.15, -0.1) is 0 Å². The molecule has 1 saturated carbocycles. The van der Waals surface area contributed by atoms with E-state index >= 15 is 0 Å². The quantitative estimate of drug-likeness (QED) is 0.711. The van der Waals surface area contributed by atoms with Crippen molar-refractivity contribution in [2.45, 2.75) is 64.8 Å². The summed E-state index contributed by atoms with van der Waals surface area (Å²) in [5.41, 5.74) is 6.18. The Morgan fingerprint density at radius 1 is 1.31 bits per heavy atom. The lowest BCUT2D eigenvalue weighted by Gasteiger charge is -2.32. The molecule has 13 heavy (non-hydrogen) atoms. The summed E-state index contributed by atoms with van der Waals surface area (Å²) in [5.74, 6) is 1.81. The summed E-state index contributed by atoms with van der Waals surface area (Å²) >= 11 is 0. The predicted octanol–water partition coefficient (Wildman–Crippen LogP) is 3.33. The van der Waals surface area contributed by atoms with Gasteiger partial charge < -0.3 is 5.73 Å². The first kappa shape index (κ1) is 11.0. The molecule has 0 aromatic heterocycles. The Bertz CT molecular complexity index is 133. The van der Waals surface area contributed by atoms with E-state index in [1.165, 1.54) is 44.9 Å². The van der Waals surface area contributed by atoms with E-state index in [4.69, 9.17) is 5.73 Å². The van der Waals surface area contributed by atoms with E-state index in [9.17, 15) is 0 Å². The van der Waals surface area contributed by atoms with Crippen LogP contribution in [0.25, 0.3) is 0 Å². The van der Waals surface area contributed by atoms with Crippen molar-refractivity contribution in [3.8, 4) is 0 Å². The van der Waals surface area contributed by atoms with Crippen molar-refractivity contribution in [1.82, 2.24) is 0 Å². The van der Waals surface area contributed by atoms with Crippen LogP contribution in [0.3, 0.4) is 0 Å². The van der Waals surface area contributed by atoms with Gasteiger partial charge in [0.1, 0.15) is 0 Å². The summed E-state index contributed by atoms with van der Waals surface area (Å²) in [7, 11) is 0. The third kappa shape index (κ3) is 3.30. The Kier molecular flexibility index (Phi) is 4.79. The smallest absolute Gasteiger partial charge is 0.00671 e. The third-order valence-electron chi connectivity index (χ3n) is 3.63. The lowest BCUT2D eigenvalue weighted by molar-refractivity contribution is 0.223. The first-order chi connectivity index (χ1) is 6.27. The highest BCUT2D eigenvalue weighted by Gasteiger charge is 2.24. The Morgan fingerprint density at radius 2 is 2.08 bits per heavy atom. The first-order valence-electron chi connectivity index (χ1n) is 6.03. The van der Waals surface area contributed by atoms with Gasteiger partial charge in [0, 0.05) is 6.04 Å². The summed E-state index contributed by atoms with van der Waals surface area (Å²) in [6.07, 6.45) is 9.48. The molecule has 1 aliphatic rings. The second-order valence-electron chi connectivity index (χ2n) is 4.65. The van der Waals surface area contributed by atoms with Crippen molar-refractivity contribution in [2.75, 3.05) is 0 Å². The molecule has 0 heterocycles. The monoisotopic (exact) mass is 183 g/mol. The van der Waals surface area contributed by atoms with Crippen LogP contribution in [0, 0.1) is 11.8 Å². The fourth-order valence-electron chi connectivity index (χ4n) is 2.66. The topological polar surface area (TPSA) is 26.0 Å². The van der Waals surface area contributed by atoms with Crippen LogP contribution >= 0.6 is 0 Å². The Hall–Kier alpha value is -0.0400. The predicted molar refractivity (Wildman–Crippen MR) is 58.6 cm³/mol. The lowest BCUT2D eigenvalue weighted by atomic mass is 9.76. The van der Waals surface area contributed by atoms with E-state index in [1.807, 2.05) is 0 Å². The molecule has 0 bridgehead atoms. The molecule has 0 aliphatic heterocycles. The molecule has 0 radical (unpaired) electrons. The molecular formula is C12H25N. The average Bonchev–Trinajstić information content (AvgIpc) is 2.18. The molecule has 1 aliphatic carbocycles. The van der Waals surface area contributed by atoms with Gasteiger partial charge in [-0.3, -0.25) is 0 Å². The van der Waals surface area contributed by atoms with Crippen molar-refractivity contribution in [1.29, 1.82) is 0 Å². The summed E-state index contributed by atoms with van der Waals surface area (Å²) in [5, 5.41) is 0. The number of nitrogens with two attached hydrogens (primary N) is 1. The third-order valence-corrected chi connectivity index (χ3v) is 3.63.